The molecule has 0 aromatic rings. The molecule has 0 aliphatic rings. The summed E-state index contributed by atoms with van der Waals surface area (Å²) in [4.78, 5) is 20.2. The van der Waals surface area contributed by atoms with Gasteiger partial charge in [0, 0.05) is 32.7 Å². The van der Waals surface area contributed by atoms with Gasteiger partial charge in [-0.3, -0.25) is 10.9 Å². The van der Waals surface area contributed by atoms with Gasteiger partial charge in [-0.2, -0.15) is 0 Å². The summed E-state index contributed by atoms with van der Waals surface area (Å²) in [6, 6.07) is 0. The topological polar surface area (TPSA) is 135 Å². The molecular weight excluding hydrogens is 242 g/mol. The molecule has 9 heteroatoms. The van der Waals surface area contributed by atoms with Crippen molar-refractivity contribution in [2.45, 2.75) is 6.42 Å². The van der Waals surface area contributed by atoms with Crippen molar-refractivity contribution in [1.29, 1.82) is 0 Å². The average Bonchev–Trinajstić information content (AvgIpc) is 2.29. The van der Waals surface area contributed by atoms with E-state index in [1.165, 1.54) is 0 Å². The summed E-state index contributed by atoms with van der Waals surface area (Å²) in [6.07, 6.45) is -1.17. The van der Waals surface area contributed by atoms with Gasteiger partial charge < -0.3 is 26.2 Å². The van der Waals surface area contributed by atoms with E-state index in [0.29, 0.717) is 26.2 Å². The SMILES string of the molecule is O=C(O)NCCNCCCNNCCNC(=O)O. The van der Waals surface area contributed by atoms with Gasteiger partial charge in [-0.05, 0) is 13.0 Å². The molecular formula is C9H21N5O4. The van der Waals surface area contributed by atoms with Crippen LogP contribution < -0.4 is 26.8 Å². The zero-order chi connectivity index (χ0) is 13.6. The molecule has 0 heterocycles. The van der Waals surface area contributed by atoms with Crippen LogP contribution in [0.5, 0.6) is 0 Å². The van der Waals surface area contributed by atoms with Crippen LogP contribution in [0, 0.1) is 0 Å². The molecule has 7 N–H and O–H groups in total. The molecule has 0 radical (unpaired) electrons. The minimum Gasteiger partial charge on any atom is -0.465 e. The van der Waals surface area contributed by atoms with E-state index in [9.17, 15) is 9.59 Å². The van der Waals surface area contributed by atoms with Crippen molar-refractivity contribution >= 4 is 12.2 Å². The van der Waals surface area contributed by atoms with E-state index >= 15 is 0 Å². The average molecular weight is 263 g/mol. The van der Waals surface area contributed by atoms with Crippen molar-refractivity contribution in [3.8, 4) is 0 Å². The predicted molar refractivity (Wildman–Crippen MR) is 65.5 cm³/mol. The third-order valence-electron chi connectivity index (χ3n) is 1.88. The molecule has 2 amide bonds. The summed E-state index contributed by atoms with van der Waals surface area (Å²) in [5.41, 5.74) is 5.80. The van der Waals surface area contributed by atoms with Crippen LogP contribution in [0.2, 0.25) is 0 Å². The van der Waals surface area contributed by atoms with E-state index in [-0.39, 0.29) is 0 Å². The number of hydrogen-bond donors (Lipinski definition) is 7. The smallest absolute Gasteiger partial charge is 0.404 e. The van der Waals surface area contributed by atoms with E-state index in [4.69, 9.17) is 10.2 Å². The van der Waals surface area contributed by atoms with E-state index in [1.54, 1.807) is 0 Å². The quantitative estimate of drug-likeness (QED) is 0.180. The Hall–Kier alpha value is -1.58. The number of hydrogen-bond acceptors (Lipinski definition) is 5. The molecule has 0 aromatic heterocycles. The first kappa shape index (κ1) is 16.4. The molecule has 0 unspecified atom stereocenters. The molecule has 0 saturated heterocycles. The minimum absolute atomic E-state index is 0.349. The Morgan fingerprint density at radius 1 is 0.722 bits per heavy atom. The van der Waals surface area contributed by atoms with Crippen LogP contribution in [0.15, 0.2) is 0 Å². The van der Waals surface area contributed by atoms with Crippen LogP contribution in [0.1, 0.15) is 6.42 Å². The van der Waals surface area contributed by atoms with Gasteiger partial charge in [0.15, 0.2) is 0 Å². The first-order chi connectivity index (χ1) is 8.63. The van der Waals surface area contributed by atoms with Gasteiger partial charge in [0.25, 0.3) is 0 Å². The molecule has 0 aliphatic carbocycles. The molecule has 0 atom stereocenters. The molecule has 106 valence electrons. The highest BCUT2D eigenvalue weighted by atomic mass is 16.4. The van der Waals surface area contributed by atoms with Crippen LogP contribution in [0.4, 0.5) is 9.59 Å². The van der Waals surface area contributed by atoms with Crippen molar-refractivity contribution in [3.05, 3.63) is 0 Å². The van der Waals surface area contributed by atoms with Crippen molar-refractivity contribution in [2.75, 3.05) is 39.3 Å². The fourth-order valence-electron chi connectivity index (χ4n) is 1.09. The molecule has 0 rings (SSSR count). The van der Waals surface area contributed by atoms with Crippen molar-refractivity contribution < 1.29 is 19.8 Å². The molecule has 0 saturated carbocycles. The Balaban J connectivity index is 2.99. The summed E-state index contributed by atoms with van der Waals surface area (Å²) < 4.78 is 0. The number of amides is 2. The van der Waals surface area contributed by atoms with Gasteiger partial charge >= 0.3 is 12.2 Å². The Morgan fingerprint density at radius 2 is 1.28 bits per heavy atom. The molecule has 0 fully saturated rings. The summed E-state index contributed by atoms with van der Waals surface area (Å²) in [5.74, 6) is 0. The first-order valence-electron chi connectivity index (χ1n) is 5.73. The lowest BCUT2D eigenvalue weighted by atomic mass is 10.4. The standard InChI is InChI=1S/C9H21N5O4/c15-8(16)11-5-4-10-2-1-3-13-14-7-6-12-9(17)18/h10-14H,1-7H2,(H,15,16)(H,17,18). The summed E-state index contributed by atoms with van der Waals surface area (Å²) in [5, 5.41) is 24.1. The van der Waals surface area contributed by atoms with Crippen LogP contribution in [-0.2, 0) is 0 Å². The number of nitrogens with one attached hydrogen (secondary N) is 5. The normalized spacial score (nSPS) is 10.0. The van der Waals surface area contributed by atoms with Crippen LogP contribution in [0.3, 0.4) is 0 Å². The van der Waals surface area contributed by atoms with Crippen LogP contribution in [0.25, 0.3) is 0 Å². The monoisotopic (exact) mass is 263 g/mol. The van der Waals surface area contributed by atoms with Gasteiger partial charge in [-0.15, -0.1) is 0 Å². The van der Waals surface area contributed by atoms with Gasteiger partial charge in [-0.1, -0.05) is 0 Å². The maximum Gasteiger partial charge on any atom is 0.404 e. The van der Waals surface area contributed by atoms with Crippen LogP contribution in [-0.4, -0.2) is 61.7 Å². The highest BCUT2D eigenvalue weighted by molar-refractivity contribution is 5.64. The van der Waals surface area contributed by atoms with Gasteiger partial charge in [-0.25, -0.2) is 9.59 Å². The second kappa shape index (κ2) is 11.9. The maximum atomic E-state index is 10.1. The number of carboxylic acid groups (broad SMARTS) is 2. The summed E-state index contributed by atoms with van der Waals surface area (Å²) >= 11 is 0. The van der Waals surface area contributed by atoms with E-state index < -0.39 is 12.2 Å². The molecule has 0 bridgehead atoms. The first-order valence-corrected chi connectivity index (χ1v) is 5.73. The third kappa shape index (κ3) is 14.4. The van der Waals surface area contributed by atoms with E-state index in [0.717, 1.165) is 19.5 Å². The van der Waals surface area contributed by atoms with Gasteiger partial charge in [0.2, 0.25) is 0 Å². The van der Waals surface area contributed by atoms with Crippen LogP contribution >= 0.6 is 0 Å². The van der Waals surface area contributed by atoms with E-state index in [2.05, 4.69) is 26.8 Å². The highest BCUT2D eigenvalue weighted by Crippen LogP contribution is 1.71. The molecule has 18 heavy (non-hydrogen) atoms. The van der Waals surface area contributed by atoms with Crippen molar-refractivity contribution in [2.24, 2.45) is 0 Å². The maximum absolute atomic E-state index is 10.1. The highest BCUT2D eigenvalue weighted by Gasteiger charge is 1.93. The summed E-state index contributed by atoms with van der Waals surface area (Å²) in [6.45, 7) is 3.38. The summed E-state index contributed by atoms with van der Waals surface area (Å²) in [7, 11) is 0. The second-order valence-electron chi connectivity index (χ2n) is 3.42. The lowest BCUT2D eigenvalue weighted by Crippen LogP contribution is -2.39. The number of rotatable bonds is 11. The zero-order valence-electron chi connectivity index (χ0n) is 10.2. The Bertz CT molecular complexity index is 215. The molecule has 9 nitrogen and oxygen atoms in total. The predicted octanol–water partition coefficient (Wildman–Crippen LogP) is -1.40. The van der Waals surface area contributed by atoms with E-state index in [1.807, 2.05) is 0 Å². The molecule has 0 aromatic carbocycles. The zero-order valence-corrected chi connectivity index (χ0v) is 10.2. The largest absolute Gasteiger partial charge is 0.465 e. The fraction of sp³-hybridized carbons (Fsp3) is 0.778. The fourth-order valence-corrected chi connectivity index (χ4v) is 1.09. The molecule has 0 spiro atoms. The van der Waals surface area contributed by atoms with Gasteiger partial charge in [0.1, 0.15) is 0 Å². The Kier molecular flexibility index (Phi) is 10.8. The van der Waals surface area contributed by atoms with Gasteiger partial charge in [0.05, 0.1) is 0 Å². The Morgan fingerprint density at radius 3 is 1.89 bits per heavy atom. The molecule has 0 aliphatic heterocycles. The number of carbonyl (C=O) groups is 2. The number of hydrazine groups is 1. The lowest BCUT2D eigenvalue weighted by Gasteiger charge is -2.07. The lowest BCUT2D eigenvalue weighted by molar-refractivity contribution is 0.193. The second-order valence-corrected chi connectivity index (χ2v) is 3.42. The van der Waals surface area contributed by atoms with Crippen molar-refractivity contribution in [3.63, 3.8) is 0 Å². The van der Waals surface area contributed by atoms with Crippen molar-refractivity contribution in [1.82, 2.24) is 26.8 Å². The third-order valence-corrected chi connectivity index (χ3v) is 1.88. The Labute approximate surface area is 105 Å². The minimum atomic E-state index is -1.03.